The topological polar surface area (TPSA) is 48.3 Å². The van der Waals surface area contributed by atoms with Gasteiger partial charge in [-0.2, -0.15) is 0 Å². The Morgan fingerprint density at radius 2 is 1.77 bits per heavy atom. The van der Waals surface area contributed by atoms with Crippen molar-refractivity contribution < 1.29 is 14.3 Å². The third kappa shape index (κ3) is 3.85. The van der Waals surface area contributed by atoms with Crippen molar-refractivity contribution in [2.45, 2.75) is 13.8 Å². The van der Waals surface area contributed by atoms with E-state index in [1.54, 1.807) is 30.3 Å². The predicted molar refractivity (Wildman–Crippen MR) is 104 cm³/mol. The average molecular weight is 408 g/mol. The summed E-state index contributed by atoms with van der Waals surface area (Å²) in [6.45, 7) is 3.45. The van der Waals surface area contributed by atoms with E-state index in [-0.39, 0.29) is 12.4 Å². The van der Waals surface area contributed by atoms with Crippen molar-refractivity contribution in [3.8, 4) is 5.69 Å². The lowest BCUT2D eigenvalue weighted by atomic mass is 10.1. The number of esters is 1. The lowest BCUT2D eigenvalue weighted by Gasteiger charge is -2.10. The van der Waals surface area contributed by atoms with Crippen LogP contribution in [-0.2, 0) is 4.74 Å². The predicted octanol–water partition coefficient (Wildman–Crippen LogP) is 5.50. The third-order valence-electron chi connectivity index (χ3n) is 3.93. The molecule has 0 aliphatic rings. The van der Waals surface area contributed by atoms with Crippen LogP contribution in [0.5, 0.6) is 0 Å². The maximum absolute atomic E-state index is 12.5. The molecular formula is C19H15Cl2NO3S. The van der Waals surface area contributed by atoms with Crippen LogP contribution in [-0.4, -0.2) is 22.9 Å². The Morgan fingerprint density at radius 3 is 2.38 bits per heavy atom. The first-order chi connectivity index (χ1) is 12.4. The summed E-state index contributed by atoms with van der Waals surface area (Å²) in [5, 5.41) is 0.646. The van der Waals surface area contributed by atoms with Gasteiger partial charge in [-0.15, -0.1) is 11.3 Å². The fourth-order valence-electron chi connectivity index (χ4n) is 2.74. The summed E-state index contributed by atoms with van der Waals surface area (Å²) in [6.07, 6.45) is 0. The van der Waals surface area contributed by atoms with Crippen LogP contribution in [0.3, 0.4) is 0 Å². The molecule has 0 radical (unpaired) electrons. The molecule has 0 saturated carbocycles. The van der Waals surface area contributed by atoms with E-state index in [0.717, 1.165) is 28.4 Å². The smallest absolute Gasteiger partial charge is 0.348 e. The van der Waals surface area contributed by atoms with E-state index in [2.05, 4.69) is 0 Å². The van der Waals surface area contributed by atoms with E-state index >= 15 is 0 Å². The van der Waals surface area contributed by atoms with Crippen LogP contribution >= 0.6 is 34.5 Å². The van der Waals surface area contributed by atoms with Crippen molar-refractivity contribution in [2.24, 2.45) is 0 Å². The zero-order chi connectivity index (χ0) is 18.8. The highest BCUT2D eigenvalue weighted by Crippen LogP contribution is 2.24. The molecule has 2 aromatic heterocycles. The molecule has 2 heterocycles. The second-order valence-corrected chi connectivity index (χ2v) is 7.85. The van der Waals surface area contributed by atoms with E-state index in [1.807, 2.05) is 30.5 Å². The Hall–Kier alpha value is -2.08. The zero-order valence-electron chi connectivity index (χ0n) is 14.1. The van der Waals surface area contributed by atoms with E-state index in [0.29, 0.717) is 19.8 Å². The maximum atomic E-state index is 12.5. The first kappa shape index (κ1) is 18.7. The molecule has 0 fully saturated rings. The highest BCUT2D eigenvalue weighted by atomic mass is 35.5. The van der Waals surface area contributed by atoms with Gasteiger partial charge in [-0.1, -0.05) is 23.2 Å². The first-order valence-electron chi connectivity index (χ1n) is 7.77. The van der Waals surface area contributed by atoms with Gasteiger partial charge in [0.15, 0.2) is 6.61 Å². The number of benzene rings is 1. The van der Waals surface area contributed by atoms with Crippen LogP contribution in [0.2, 0.25) is 9.36 Å². The summed E-state index contributed by atoms with van der Waals surface area (Å²) < 4.78 is 7.58. The van der Waals surface area contributed by atoms with Gasteiger partial charge >= 0.3 is 5.97 Å². The Labute approximate surface area is 164 Å². The molecule has 0 amide bonds. The van der Waals surface area contributed by atoms with Crippen molar-refractivity contribution in [2.75, 3.05) is 6.61 Å². The molecule has 4 nitrogen and oxygen atoms in total. The molecule has 0 aliphatic heterocycles. The van der Waals surface area contributed by atoms with E-state index in [1.165, 1.54) is 0 Å². The van der Waals surface area contributed by atoms with Crippen molar-refractivity contribution >= 4 is 46.3 Å². The molecule has 3 aromatic rings. The number of nitrogens with zero attached hydrogens (tertiary/aromatic N) is 1. The van der Waals surface area contributed by atoms with Crippen molar-refractivity contribution in [1.29, 1.82) is 0 Å². The second kappa shape index (κ2) is 7.66. The van der Waals surface area contributed by atoms with Gasteiger partial charge < -0.3 is 9.30 Å². The molecule has 0 aliphatic carbocycles. The molecule has 0 atom stereocenters. The fourth-order valence-corrected chi connectivity index (χ4v) is 3.80. The first-order valence-corrected chi connectivity index (χ1v) is 9.34. The number of halogens is 2. The van der Waals surface area contributed by atoms with Crippen LogP contribution in [0.1, 0.15) is 31.4 Å². The number of hydrogen-bond acceptors (Lipinski definition) is 4. The number of aryl methyl sites for hydroxylation is 1. The lowest BCUT2D eigenvalue weighted by molar-refractivity contribution is 0.0479. The highest BCUT2D eigenvalue weighted by molar-refractivity contribution is 7.17. The van der Waals surface area contributed by atoms with Gasteiger partial charge in [-0.25, -0.2) is 4.79 Å². The number of aromatic nitrogens is 1. The molecule has 3 rings (SSSR count). The van der Waals surface area contributed by atoms with Crippen LogP contribution in [0.4, 0.5) is 0 Å². The summed E-state index contributed by atoms with van der Waals surface area (Å²) in [5.74, 6) is -0.809. The Balaban J connectivity index is 1.77. The number of hydrogen-bond donors (Lipinski definition) is 0. The molecular weight excluding hydrogens is 393 g/mol. The van der Waals surface area contributed by atoms with Gasteiger partial charge in [-0.3, -0.25) is 4.79 Å². The molecule has 7 heteroatoms. The normalized spacial score (nSPS) is 10.8. The fraction of sp³-hybridized carbons (Fsp3) is 0.158. The minimum atomic E-state index is -0.554. The minimum absolute atomic E-state index is 0.255. The van der Waals surface area contributed by atoms with Gasteiger partial charge in [0.1, 0.15) is 4.88 Å². The number of Topliss-reactive ketones (excluding diaryl/α,β-unsaturated/α-hetero) is 1. The van der Waals surface area contributed by atoms with Crippen LogP contribution in [0.25, 0.3) is 5.69 Å². The SMILES string of the molecule is Cc1cc(C(=O)COC(=O)c2ccc(Cl)s2)c(C)n1-c1ccc(Cl)cc1. The largest absolute Gasteiger partial charge is 0.453 e. The summed E-state index contributed by atoms with van der Waals surface area (Å²) in [6, 6.07) is 12.4. The van der Waals surface area contributed by atoms with Gasteiger partial charge in [0.2, 0.25) is 5.78 Å². The molecule has 0 bridgehead atoms. The molecule has 0 unspecified atom stereocenters. The molecule has 0 saturated heterocycles. The van der Waals surface area contributed by atoms with Crippen LogP contribution < -0.4 is 0 Å². The molecule has 134 valence electrons. The Kier molecular flexibility index (Phi) is 5.51. The molecule has 0 spiro atoms. The second-order valence-electron chi connectivity index (χ2n) is 5.70. The molecule has 0 N–H and O–H groups in total. The van der Waals surface area contributed by atoms with Crippen molar-refractivity contribution in [3.05, 3.63) is 73.7 Å². The van der Waals surface area contributed by atoms with Gasteiger partial charge in [0.05, 0.1) is 4.34 Å². The summed E-state index contributed by atoms with van der Waals surface area (Å²) >= 11 is 12.9. The number of rotatable bonds is 5. The molecule has 26 heavy (non-hydrogen) atoms. The van der Waals surface area contributed by atoms with E-state index < -0.39 is 5.97 Å². The lowest BCUT2D eigenvalue weighted by Crippen LogP contribution is -2.14. The number of carbonyl (C=O) groups is 2. The van der Waals surface area contributed by atoms with Crippen LogP contribution in [0.15, 0.2) is 42.5 Å². The zero-order valence-corrected chi connectivity index (χ0v) is 16.4. The van der Waals surface area contributed by atoms with Gasteiger partial charge in [-0.05, 0) is 56.3 Å². The minimum Gasteiger partial charge on any atom is -0.453 e. The Bertz CT molecular complexity index is 973. The Morgan fingerprint density at radius 1 is 1.08 bits per heavy atom. The van der Waals surface area contributed by atoms with Crippen LogP contribution in [0, 0.1) is 13.8 Å². The molecule has 1 aromatic carbocycles. The summed E-state index contributed by atoms with van der Waals surface area (Å²) in [7, 11) is 0. The van der Waals surface area contributed by atoms with Gasteiger partial charge in [0, 0.05) is 27.7 Å². The summed E-state index contributed by atoms with van der Waals surface area (Å²) in [5.41, 5.74) is 3.12. The monoisotopic (exact) mass is 407 g/mol. The maximum Gasteiger partial charge on any atom is 0.348 e. The number of ether oxygens (including phenoxy) is 1. The van der Waals surface area contributed by atoms with Gasteiger partial charge in [0.25, 0.3) is 0 Å². The van der Waals surface area contributed by atoms with E-state index in [4.69, 9.17) is 27.9 Å². The highest BCUT2D eigenvalue weighted by Gasteiger charge is 2.19. The number of carbonyl (C=O) groups excluding carboxylic acids is 2. The summed E-state index contributed by atoms with van der Waals surface area (Å²) in [4.78, 5) is 24.9. The third-order valence-corrected chi connectivity index (χ3v) is 5.39. The quantitative estimate of drug-likeness (QED) is 0.414. The standard InChI is InChI=1S/C19H15Cl2NO3S/c1-11-9-15(12(2)22(11)14-5-3-13(20)4-6-14)16(23)10-25-19(24)17-7-8-18(21)26-17/h3-9H,10H2,1-2H3. The number of thiophene rings is 1. The van der Waals surface area contributed by atoms with E-state index in [9.17, 15) is 9.59 Å². The van der Waals surface area contributed by atoms with Crippen molar-refractivity contribution in [3.63, 3.8) is 0 Å². The number of ketones is 1. The van der Waals surface area contributed by atoms with Crippen molar-refractivity contribution in [1.82, 2.24) is 4.57 Å². The average Bonchev–Trinajstić information content (AvgIpc) is 3.17.